The second kappa shape index (κ2) is 23.1. The van der Waals surface area contributed by atoms with E-state index < -0.39 is 156 Å². The summed E-state index contributed by atoms with van der Waals surface area (Å²) in [5.74, 6) is 0.935. The van der Waals surface area contributed by atoms with Gasteiger partial charge in [0.2, 0.25) is 0 Å². The average Bonchev–Trinajstić information content (AvgIpc) is 1.60. The van der Waals surface area contributed by atoms with Crippen molar-refractivity contribution in [2.45, 2.75) is 53.6 Å². The van der Waals surface area contributed by atoms with E-state index >= 15 is 0 Å². The monoisotopic (exact) mass is 1390 g/mol. The van der Waals surface area contributed by atoms with E-state index in [0.717, 1.165) is 21.9 Å². The third-order valence-electron chi connectivity index (χ3n) is 16.6. The Morgan fingerprint density at radius 1 is 0.467 bits per heavy atom. The molecule has 0 N–H and O–H groups in total. The zero-order valence-corrected chi connectivity index (χ0v) is 51.6. The van der Waals surface area contributed by atoms with Crippen LogP contribution in [0, 0.1) is 45.9 Å². The number of ether oxygens (including phenoxy) is 1. The van der Waals surface area contributed by atoms with Crippen molar-refractivity contribution >= 4 is 32.8 Å². The van der Waals surface area contributed by atoms with Gasteiger partial charge in [0.15, 0.2) is 0 Å². The van der Waals surface area contributed by atoms with Gasteiger partial charge in [-0.25, -0.2) is 4.98 Å². The minimum Gasteiger partial charge on any atom is -0.510 e. The largest absolute Gasteiger partial charge is 0.510 e. The Kier molecular flexibility index (Phi) is 9.14. The van der Waals surface area contributed by atoms with Crippen LogP contribution in [0.1, 0.15) is 82.9 Å². The number of nitrogens with zero attached hydrogens (tertiary/aromatic N) is 4. The molecule has 0 atom stereocenters. The second-order valence-electron chi connectivity index (χ2n) is 23.2. The molecule has 4 heterocycles. The number of hydrogen-bond donors (Lipinski definition) is 0. The third kappa shape index (κ3) is 10.00. The predicted octanol–water partition coefficient (Wildman–Crippen LogP) is 21.8. The van der Waals surface area contributed by atoms with Gasteiger partial charge in [0.1, 0.15) is 5.82 Å². The predicted molar refractivity (Wildman–Crippen MR) is 375 cm³/mol. The van der Waals surface area contributed by atoms with E-state index in [1.54, 1.807) is 95.7 Å². The van der Waals surface area contributed by atoms with E-state index in [1.807, 2.05) is 47.0 Å². The second-order valence-corrected chi connectivity index (χ2v) is 23.2. The Hall–Kier alpha value is -10.5. The van der Waals surface area contributed by atoms with Gasteiger partial charge in [-0.2, -0.15) is 18.2 Å². The molecular weight excluding hydrogens is 1300 g/mol. The first-order valence-corrected chi connectivity index (χ1v) is 29.3. The first kappa shape index (κ1) is 36.4. The van der Waals surface area contributed by atoms with Gasteiger partial charge < -0.3 is 13.9 Å². The van der Waals surface area contributed by atoms with E-state index in [1.165, 1.54) is 53.1 Å². The van der Waals surface area contributed by atoms with Gasteiger partial charge >= 0.3 is 0 Å². The summed E-state index contributed by atoms with van der Waals surface area (Å²) in [7, 11) is 0. The van der Waals surface area contributed by atoms with Crippen molar-refractivity contribution < 1.29 is 64.6 Å². The number of para-hydroxylation sites is 1. The summed E-state index contributed by atoms with van der Waals surface area (Å²) in [4.78, 5) is 4.85. The molecule has 0 saturated carbocycles. The van der Waals surface area contributed by atoms with E-state index in [4.69, 9.17) is 26.2 Å². The fourth-order valence-electron chi connectivity index (χ4n) is 12.5. The minimum absolute atomic E-state index is 0. The standard InChI is InChI=1S/C86H64N4O.Pt/c1-54-23-20-24-55(2)82(54)64-47-75-71-35-16-14-33-69(71)70-34-15-17-36-72(70)76-46-63(62-44-60(58-27-10-8-11-28-58)43-61(45-62)59-29-12-9-13-30-59)49-80-85(76)89(84(75)77(48-64)83-56(3)25-21-26-57(83)4)53-88(80)66-31-22-32-67(51-66)91-68-39-40-74-73-37-18-19-38-78(73)90(79(74)52-68)81-50-65(41-42-87-81)86(5,6)7;/h8-50H,1-7H3;/q-2;/i1D3,2D3,3D3,4D3,8D,9D,10D,11D,12D,13D,27D,28D,29D,30D,43D,44D,45D;. The van der Waals surface area contributed by atoms with Crippen LogP contribution in [0.5, 0.6) is 11.5 Å². The van der Waals surface area contributed by atoms with Crippen LogP contribution >= 0.6 is 0 Å². The number of fused-ring (bicyclic) bond motifs is 10. The summed E-state index contributed by atoms with van der Waals surface area (Å²) in [6.07, 6.45) is 5.33. The summed E-state index contributed by atoms with van der Waals surface area (Å²) < 4.78 is 243. The quantitative estimate of drug-likeness (QED) is 0.107. The summed E-state index contributed by atoms with van der Waals surface area (Å²) in [6, 6.07) is 43.9. The van der Waals surface area contributed by atoms with Crippen LogP contribution in [-0.4, -0.2) is 14.1 Å². The number of benzene rings is 12. The van der Waals surface area contributed by atoms with E-state index in [9.17, 15) is 17.8 Å². The molecule has 0 amide bonds. The van der Waals surface area contributed by atoms with Crippen molar-refractivity contribution in [3.05, 3.63) is 307 Å². The average molecular weight is 1390 g/mol. The summed E-state index contributed by atoms with van der Waals surface area (Å²) >= 11 is 0. The normalized spacial score (nSPS) is 16.2. The number of imidazole rings is 1. The van der Waals surface area contributed by atoms with Crippen LogP contribution in [0.3, 0.4) is 0 Å². The molecule has 0 unspecified atom stereocenters. The molecule has 6 heteroatoms. The Morgan fingerprint density at radius 3 is 1.66 bits per heavy atom. The molecule has 16 rings (SSSR count). The van der Waals surface area contributed by atoms with Crippen LogP contribution in [-0.2, 0) is 26.5 Å². The Balaban J connectivity index is 0.0000107. The van der Waals surface area contributed by atoms with Crippen LogP contribution in [0.25, 0.3) is 139 Å². The van der Waals surface area contributed by atoms with Gasteiger partial charge in [0.25, 0.3) is 6.33 Å². The fraction of sp³-hybridized carbons (Fsp3) is 0.0930. The van der Waals surface area contributed by atoms with Crippen LogP contribution in [0.2, 0.25) is 0 Å². The Bertz CT molecular complexity index is 6510. The number of aromatic nitrogens is 4. The molecule has 0 aliphatic carbocycles. The summed E-state index contributed by atoms with van der Waals surface area (Å²) in [5.41, 5.74) is -1.54. The molecule has 3 aromatic heterocycles. The molecule has 1 aliphatic heterocycles. The number of pyridine rings is 1. The Morgan fingerprint density at radius 2 is 1.02 bits per heavy atom. The van der Waals surface area contributed by atoms with Crippen molar-refractivity contribution in [2.75, 3.05) is 0 Å². The molecule has 0 radical (unpaired) electrons. The number of aryl methyl sites for hydroxylation is 4. The van der Waals surface area contributed by atoms with Crippen molar-refractivity contribution in [3.8, 4) is 118 Å². The van der Waals surface area contributed by atoms with Gasteiger partial charge in [-0.1, -0.05) is 196 Å². The van der Waals surface area contributed by atoms with Crippen molar-refractivity contribution in [2.24, 2.45) is 0 Å². The van der Waals surface area contributed by atoms with Gasteiger partial charge in [-0.3, -0.25) is 4.57 Å². The maximum atomic E-state index is 10.5. The number of rotatable bonds is 9. The molecule has 1 aliphatic rings. The zero-order chi connectivity index (χ0) is 83.0. The first-order chi connectivity index (χ1) is 54.7. The molecule has 92 heavy (non-hydrogen) atoms. The maximum Gasteiger partial charge on any atom is 0.268 e. The molecule has 0 fully saturated rings. The number of hydrogen-bond acceptors (Lipinski definition) is 2. The third-order valence-corrected chi connectivity index (χ3v) is 16.6. The first-order valence-electron chi connectivity index (χ1n) is 41.8. The minimum atomic E-state index is -3.13. The van der Waals surface area contributed by atoms with Crippen molar-refractivity contribution in [3.63, 3.8) is 0 Å². The van der Waals surface area contributed by atoms with Crippen LogP contribution in [0.15, 0.2) is 261 Å². The van der Waals surface area contributed by atoms with Gasteiger partial charge in [-0.05, 0) is 215 Å². The van der Waals surface area contributed by atoms with Gasteiger partial charge in [-0.15, -0.1) is 29.7 Å². The maximum absolute atomic E-state index is 10.5. The van der Waals surface area contributed by atoms with E-state index in [-0.39, 0.29) is 99.3 Å². The molecule has 0 saturated heterocycles. The van der Waals surface area contributed by atoms with Crippen LogP contribution < -0.4 is 9.30 Å². The molecule has 12 aromatic carbocycles. The summed E-state index contributed by atoms with van der Waals surface area (Å²) in [5, 5.41) is 1.74. The fourth-order valence-corrected chi connectivity index (χ4v) is 12.5. The molecule has 0 bridgehead atoms. The van der Waals surface area contributed by atoms with E-state index in [2.05, 4.69) is 39.2 Å². The van der Waals surface area contributed by atoms with Crippen LogP contribution in [0.4, 0.5) is 0 Å². The molecule has 446 valence electrons. The van der Waals surface area contributed by atoms with Crippen molar-refractivity contribution in [1.82, 2.24) is 14.1 Å². The molecule has 0 spiro atoms. The summed E-state index contributed by atoms with van der Waals surface area (Å²) in [6.45, 7) is -5.96. The topological polar surface area (TPSA) is 35.9 Å². The molecular formula is C86H64N4OPt-2. The molecule has 5 nitrogen and oxygen atoms in total. The zero-order valence-electron chi connectivity index (χ0n) is 74.3. The van der Waals surface area contributed by atoms with Gasteiger partial charge in [0, 0.05) is 60.7 Å². The Labute approximate surface area is 587 Å². The molecule has 15 aromatic rings. The van der Waals surface area contributed by atoms with Gasteiger partial charge in [0.05, 0.1) is 34.5 Å². The van der Waals surface area contributed by atoms with E-state index in [0.29, 0.717) is 33.6 Å². The van der Waals surface area contributed by atoms with Crippen molar-refractivity contribution in [1.29, 1.82) is 0 Å². The SMILES string of the molecule is [2H]c1c([2H])c([2H])c(-c2c([2H])c(-c3cc4c5c(c3)n(-c3[c-]c(Oc6[c-]c7c(cc6)c6ccccc6n7-c6cc(C(C)(C)C)ccn6)ccc3)[c-][n+]5-c3c(cc(-c5c(C([2H])([2H])[2H])cccc5C([2H])([2H])[2H])cc3-c3c(C([2H])([2H])[2H])cccc3C([2H])([2H])[2H])-c3ccccc3-c3ccccc3-4)c([2H])c(-c3c([2H])c([2H])c([2H])c([2H])c3[2H])c2[2H])c([2H])c1[2H].[Pt]. The smallest absolute Gasteiger partial charge is 0.268 e.